The van der Waals surface area contributed by atoms with Crippen LogP contribution in [0.1, 0.15) is 48.9 Å². The largest absolute Gasteiger partial charge is 0.309 e. The van der Waals surface area contributed by atoms with Crippen molar-refractivity contribution in [2.24, 2.45) is 0 Å². The molecule has 0 bridgehead atoms. The Bertz CT molecular complexity index is 522. The van der Waals surface area contributed by atoms with Crippen LogP contribution < -0.4 is 5.32 Å². The highest BCUT2D eigenvalue weighted by atomic mass is 14.9. The van der Waals surface area contributed by atoms with E-state index in [-0.39, 0.29) is 0 Å². The topological polar surface area (TPSA) is 24.9 Å². The standard InChI is InChI=1S/C18H24N2/c1-4-11-20-18(17-8-6-5-7-14(17)2)15(3)16-9-12-19-13-10-16/h5-10,12-13,15,18,20H,4,11H2,1-3H3. The van der Waals surface area contributed by atoms with Gasteiger partial charge in [0.05, 0.1) is 0 Å². The van der Waals surface area contributed by atoms with Crippen molar-refractivity contribution in [2.45, 2.75) is 39.2 Å². The zero-order chi connectivity index (χ0) is 14.4. The van der Waals surface area contributed by atoms with E-state index in [9.17, 15) is 0 Å². The molecule has 0 aliphatic rings. The number of pyridine rings is 1. The van der Waals surface area contributed by atoms with Gasteiger partial charge in [-0.3, -0.25) is 4.98 Å². The number of hydrogen-bond donors (Lipinski definition) is 1. The molecule has 0 saturated carbocycles. The molecule has 2 unspecified atom stereocenters. The molecule has 1 heterocycles. The fourth-order valence-corrected chi connectivity index (χ4v) is 2.65. The molecule has 106 valence electrons. The highest BCUT2D eigenvalue weighted by Gasteiger charge is 2.21. The molecule has 2 aromatic rings. The zero-order valence-corrected chi connectivity index (χ0v) is 12.6. The number of hydrogen-bond acceptors (Lipinski definition) is 2. The van der Waals surface area contributed by atoms with E-state index >= 15 is 0 Å². The van der Waals surface area contributed by atoms with Gasteiger partial charge in [-0.1, -0.05) is 38.1 Å². The highest BCUT2D eigenvalue weighted by molar-refractivity contribution is 5.32. The quantitative estimate of drug-likeness (QED) is 0.848. The van der Waals surface area contributed by atoms with Crippen LogP contribution in [0.25, 0.3) is 0 Å². The van der Waals surface area contributed by atoms with E-state index in [2.05, 4.69) is 67.5 Å². The average molecular weight is 268 g/mol. The van der Waals surface area contributed by atoms with Gasteiger partial charge < -0.3 is 5.32 Å². The fraction of sp³-hybridized carbons (Fsp3) is 0.389. The summed E-state index contributed by atoms with van der Waals surface area (Å²) in [6, 6.07) is 13.2. The van der Waals surface area contributed by atoms with E-state index in [0.29, 0.717) is 12.0 Å². The first kappa shape index (κ1) is 14.7. The Morgan fingerprint density at radius 3 is 2.45 bits per heavy atom. The van der Waals surface area contributed by atoms with E-state index in [1.165, 1.54) is 16.7 Å². The zero-order valence-electron chi connectivity index (χ0n) is 12.6. The van der Waals surface area contributed by atoms with E-state index in [4.69, 9.17) is 0 Å². The monoisotopic (exact) mass is 268 g/mol. The van der Waals surface area contributed by atoms with Gasteiger partial charge in [-0.2, -0.15) is 0 Å². The molecule has 0 fully saturated rings. The van der Waals surface area contributed by atoms with Gasteiger partial charge in [-0.25, -0.2) is 0 Å². The van der Waals surface area contributed by atoms with Crippen molar-refractivity contribution in [3.63, 3.8) is 0 Å². The molecule has 0 aliphatic heterocycles. The molecular weight excluding hydrogens is 244 g/mol. The summed E-state index contributed by atoms with van der Waals surface area (Å²) < 4.78 is 0. The Hall–Kier alpha value is -1.67. The molecule has 0 aliphatic carbocycles. The van der Waals surface area contributed by atoms with Crippen LogP contribution in [0.5, 0.6) is 0 Å². The van der Waals surface area contributed by atoms with Crippen molar-refractivity contribution in [1.82, 2.24) is 10.3 Å². The Morgan fingerprint density at radius 1 is 1.10 bits per heavy atom. The van der Waals surface area contributed by atoms with Gasteiger partial charge in [-0.15, -0.1) is 0 Å². The average Bonchev–Trinajstić information content (AvgIpc) is 2.50. The van der Waals surface area contributed by atoms with Crippen LogP contribution >= 0.6 is 0 Å². The third kappa shape index (κ3) is 3.45. The fourth-order valence-electron chi connectivity index (χ4n) is 2.65. The van der Waals surface area contributed by atoms with Crippen LogP contribution in [-0.4, -0.2) is 11.5 Å². The third-order valence-electron chi connectivity index (χ3n) is 3.87. The van der Waals surface area contributed by atoms with Crippen molar-refractivity contribution < 1.29 is 0 Å². The van der Waals surface area contributed by atoms with Crippen molar-refractivity contribution in [1.29, 1.82) is 0 Å². The normalized spacial score (nSPS) is 13.9. The second-order valence-corrected chi connectivity index (χ2v) is 5.36. The summed E-state index contributed by atoms with van der Waals surface area (Å²) in [6.07, 6.45) is 4.90. The molecule has 1 aromatic carbocycles. The molecule has 2 nitrogen and oxygen atoms in total. The van der Waals surface area contributed by atoms with E-state index in [1.807, 2.05) is 12.4 Å². The molecule has 1 aromatic heterocycles. The van der Waals surface area contributed by atoms with Gasteiger partial charge in [0.2, 0.25) is 0 Å². The Kier molecular flexibility index (Phi) is 5.31. The molecular formula is C18H24N2. The lowest BCUT2D eigenvalue weighted by Crippen LogP contribution is -2.27. The second kappa shape index (κ2) is 7.20. The van der Waals surface area contributed by atoms with Gasteiger partial charge in [0.15, 0.2) is 0 Å². The first-order chi connectivity index (χ1) is 9.74. The Morgan fingerprint density at radius 2 is 1.80 bits per heavy atom. The third-order valence-corrected chi connectivity index (χ3v) is 3.87. The summed E-state index contributed by atoms with van der Waals surface area (Å²) in [5, 5.41) is 3.70. The predicted octanol–water partition coefficient (Wildman–Crippen LogP) is 4.23. The number of aromatic nitrogens is 1. The lowest BCUT2D eigenvalue weighted by atomic mass is 9.87. The van der Waals surface area contributed by atoms with Gasteiger partial charge in [-0.05, 0) is 48.7 Å². The first-order valence-corrected chi connectivity index (χ1v) is 7.43. The van der Waals surface area contributed by atoms with Gasteiger partial charge in [0.25, 0.3) is 0 Å². The minimum Gasteiger partial charge on any atom is -0.309 e. The number of nitrogens with one attached hydrogen (secondary N) is 1. The maximum atomic E-state index is 4.12. The molecule has 2 rings (SSSR count). The second-order valence-electron chi connectivity index (χ2n) is 5.36. The minimum atomic E-state index is 0.346. The molecule has 2 heteroatoms. The number of nitrogens with zero attached hydrogens (tertiary/aromatic N) is 1. The summed E-state index contributed by atoms with van der Waals surface area (Å²) in [6.45, 7) is 7.72. The van der Waals surface area contributed by atoms with Gasteiger partial charge in [0.1, 0.15) is 0 Å². The maximum absolute atomic E-state index is 4.12. The highest BCUT2D eigenvalue weighted by Crippen LogP contribution is 2.31. The summed E-state index contributed by atoms with van der Waals surface area (Å²) in [5.41, 5.74) is 4.07. The van der Waals surface area contributed by atoms with Crippen molar-refractivity contribution in [3.8, 4) is 0 Å². The van der Waals surface area contributed by atoms with Crippen molar-refractivity contribution in [3.05, 3.63) is 65.5 Å². The summed E-state index contributed by atoms with van der Waals surface area (Å²) in [7, 11) is 0. The van der Waals surface area contributed by atoms with E-state index in [1.54, 1.807) is 0 Å². The molecule has 1 N–H and O–H groups in total. The van der Waals surface area contributed by atoms with E-state index in [0.717, 1.165) is 13.0 Å². The van der Waals surface area contributed by atoms with Crippen LogP contribution in [0.2, 0.25) is 0 Å². The molecule has 0 spiro atoms. The van der Waals surface area contributed by atoms with Crippen LogP contribution in [0.3, 0.4) is 0 Å². The van der Waals surface area contributed by atoms with Crippen LogP contribution in [0, 0.1) is 6.92 Å². The Balaban J connectivity index is 2.30. The minimum absolute atomic E-state index is 0.346. The molecule has 20 heavy (non-hydrogen) atoms. The SMILES string of the molecule is CCCNC(c1ccccc1C)C(C)c1ccncc1. The lowest BCUT2D eigenvalue weighted by molar-refractivity contribution is 0.464. The smallest absolute Gasteiger partial charge is 0.0389 e. The van der Waals surface area contributed by atoms with Crippen molar-refractivity contribution in [2.75, 3.05) is 6.54 Å². The summed E-state index contributed by atoms with van der Waals surface area (Å²) in [5.74, 6) is 0.422. The van der Waals surface area contributed by atoms with Crippen molar-refractivity contribution >= 4 is 0 Å². The molecule has 0 amide bonds. The summed E-state index contributed by atoms with van der Waals surface area (Å²) >= 11 is 0. The maximum Gasteiger partial charge on any atom is 0.0389 e. The van der Waals surface area contributed by atoms with E-state index < -0.39 is 0 Å². The molecule has 0 saturated heterocycles. The lowest BCUT2D eigenvalue weighted by Gasteiger charge is -2.27. The van der Waals surface area contributed by atoms with Crippen LogP contribution in [0.4, 0.5) is 0 Å². The van der Waals surface area contributed by atoms with Crippen LogP contribution in [-0.2, 0) is 0 Å². The van der Waals surface area contributed by atoms with Gasteiger partial charge >= 0.3 is 0 Å². The first-order valence-electron chi connectivity index (χ1n) is 7.43. The summed E-state index contributed by atoms with van der Waals surface area (Å²) in [4.78, 5) is 4.12. The number of rotatable bonds is 6. The van der Waals surface area contributed by atoms with Crippen LogP contribution in [0.15, 0.2) is 48.8 Å². The Labute approximate surface area is 122 Å². The molecule has 0 radical (unpaired) electrons. The number of aryl methyl sites for hydroxylation is 1. The number of benzene rings is 1. The van der Waals surface area contributed by atoms with Gasteiger partial charge in [0, 0.05) is 24.4 Å². The molecule has 2 atom stereocenters. The predicted molar refractivity (Wildman–Crippen MR) is 84.9 cm³/mol.